The van der Waals surface area contributed by atoms with Gasteiger partial charge in [-0.1, -0.05) is 53.6 Å². The maximum absolute atomic E-state index is 7.28. The molecule has 0 aliphatic rings. The molecule has 104 valence electrons. The predicted octanol–water partition coefficient (Wildman–Crippen LogP) is 4.27. The standard InChI is InChI=1S/C17H15N3S/c1-20-14-4-2-3-5-15(14)21-16(20)11-8-12-6-9-13(10-7-12)17(18)19/h2-11H,1H3,(H2-,18,19)/b11-8+. The van der Waals surface area contributed by atoms with Crippen molar-refractivity contribution in [1.29, 1.82) is 5.41 Å². The number of rotatable bonds is 3. The molecule has 0 fully saturated rings. The highest BCUT2D eigenvalue weighted by Gasteiger charge is 2.12. The second kappa shape index (κ2) is 5.50. The summed E-state index contributed by atoms with van der Waals surface area (Å²) in [6, 6.07) is 15.8. The van der Waals surface area contributed by atoms with Crippen LogP contribution in [-0.2, 0) is 7.05 Å². The Labute approximate surface area is 127 Å². The third kappa shape index (κ3) is 2.71. The molecule has 21 heavy (non-hydrogen) atoms. The van der Waals surface area contributed by atoms with Crippen LogP contribution in [0, 0.1) is 5.41 Å². The van der Waals surface area contributed by atoms with Crippen LogP contribution in [0.5, 0.6) is 0 Å². The average Bonchev–Trinajstić information content (AvgIpc) is 2.82. The van der Waals surface area contributed by atoms with E-state index in [0.717, 1.165) is 5.56 Å². The van der Waals surface area contributed by atoms with E-state index in [1.54, 1.807) is 23.5 Å². The van der Waals surface area contributed by atoms with Crippen LogP contribution < -0.4 is 4.57 Å². The summed E-state index contributed by atoms with van der Waals surface area (Å²) < 4.78 is 3.46. The summed E-state index contributed by atoms with van der Waals surface area (Å²) in [5.74, 6) is -0.151. The third-order valence-corrected chi connectivity index (χ3v) is 4.57. The minimum absolute atomic E-state index is 0.151. The lowest BCUT2D eigenvalue weighted by Crippen LogP contribution is -2.28. The van der Waals surface area contributed by atoms with Gasteiger partial charge in [0.15, 0.2) is 0 Å². The first-order chi connectivity index (χ1) is 10.1. The molecular weight excluding hydrogens is 278 g/mol. The van der Waals surface area contributed by atoms with Gasteiger partial charge in [-0.25, -0.2) is 0 Å². The van der Waals surface area contributed by atoms with Crippen molar-refractivity contribution in [1.82, 2.24) is 0 Å². The fraction of sp³-hybridized carbons (Fsp3) is 0.0588. The zero-order valence-corrected chi connectivity index (χ0v) is 12.4. The Morgan fingerprint density at radius 1 is 1.10 bits per heavy atom. The van der Waals surface area contributed by atoms with Crippen molar-refractivity contribution in [2.45, 2.75) is 0 Å². The van der Waals surface area contributed by atoms with Gasteiger partial charge in [0, 0.05) is 12.1 Å². The van der Waals surface area contributed by atoms with Gasteiger partial charge in [-0.15, -0.1) is 0 Å². The van der Waals surface area contributed by atoms with Gasteiger partial charge in [0.05, 0.1) is 0 Å². The quantitative estimate of drug-likeness (QED) is 0.426. The van der Waals surface area contributed by atoms with Crippen molar-refractivity contribution in [3.8, 4) is 0 Å². The number of amidine groups is 1. The molecule has 3 rings (SSSR count). The van der Waals surface area contributed by atoms with Crippen molar-refractivity contribution < 1.29 is 4.57 Å². The molecule has 0 spiro atoms. The van der Waals surface area contributed by atoms with Gasteiger partial charge in [-0.2, -0.15) is 4.57 Å². The van der Waals surface area contributed by atoms with E-state index < -0.39 is 0 Å². The third-order valence-electron chi connectivity index (χ3n) is 3.39. The van der Waals surface area contributed by atoms with Gasteiger partial charge < -0.3 is 11.1 Å². The van der Waals surface area contributed by atoms with E-state index in [9.17, 15) is 0 Å². The number of benzene rings is 2. The summed E-state index contributed by atoms with van der Waals surface area (Å²) >= 11 is 1.76. The molecule has 1 aromatic heterocycles. The van der Waals surface area contributed by atoms with Crippen LogP contribution in [0.4, 0.5) is 0 Å². The van der Waals surface area contributed by atoms with Crippen LogP contribution in [0.15, 0.2) is 48.5 Å². The molecule has 0 amide bonds. The summed E-state index contributed by atoms with van der Waals surface area (Å²) in [5.41, 5.74) is 10.2. The Kier molecular flexibility index (Phi) is 3.54. The van der Waals surface area contributed by atoms with E-state index in [0.29, 0.717) is 5.56 Å². The molecular formula is C17H15N3S. The molecule has 0 radical (unpaired) electrons. The Bertz CT molecular complexity index is 829. The highest BCUT2D eigenvalue weighted by Crippen LogP contribution is 2.21. The van der Waals surface area contributed by atoms with Crippen LogP contribution in [0.2, 0.25) is 0 Å². The van der Waals surface area contributed by atoms with Gasteiger partial charge in [0.2, 0.25) is 5.52 Å². The van der Waals surface area contributed by atoms with Crippen LogP contribution in [-0.4, -0.2) is 5.84 Å². The highest BCUT2D eigenvalue weighted by atomic mass is 32.1. The van der Waals surface area contributed by atoms with E-state index in [2.05, 4.69) is 48.0 Å². The normalized spacial score (nSPS) is 11.3. The molecule has 1 heterocycles. The van der Waals surface area contributed by atoms with Gasteiger partial charge in [0.25, 0.3) is 5.01 Å². The molecule has 2 N–H and O–H groups in total. The monoisotopic (exact) mass is 293 g/mol. The number of nitrogens with one attached hydrogen (secondary N) is 2. The lowest BCUT2D eigenvalue weighted by atomic mass is 10.1. The van der Waals surface area contributed by atoms with E-state index in [4.69, 9.17) is 11.1 Å². The lowest BCUT2D eigenvalue weighted by Gasteiger charge is -2.03. The molecule has 4 heteroatoms. The number of aromatic nitrogens is 1. The SMILES string of the molecule is C[n+]1c(/C=C/c2ccc(C(=N)[NH-])cc2)sc2ccccc21. The molecule has 2 aromatic carbocycles. The number of thiazole rings is 1. The number of fused-ring (bicyclic) bond motifs is 1. The van der Waals surface area contributed by atoms with E-state index in [1.165, 1.54) is 15.2 Å². The average molecular weight is 293 g/mol. The van der Waals surface area contributed by atoms with Crippen LogP contribution >= 0.6 is 11.3 Å². The maximum Gasteiger partial charge on any atom is 0.262 e. The van der Waals surface area contributed by atoms with Gasteiger partial charge in [-0.05, 0) is 23.3 Å². The maximum atomic E-state index is 7.28. The molecule has 0 bridgehead atoms. The summed E-state index contributed by atoms with van der Waals surface area (Å²) in [4.78, 5) is 0. The largest absolute Gasteiger partial charge is 0.482 e. The molecule has 0 aliphatic carbocycles. The first-order valence-corrected chi connectivity index (χ1v) is 7.43. The number of aryl methyl sites for hydroxylation is 1. The number of hydrogen-bond acceptors (Lipinski definition) is 2. The van der Waals surface area contributed by atoms with Crippen molar-refractivity contribution >= 4 is 39.5 Å². The summed E-state index contributed by atoms with van der Waals surface area (Å²) in [5, 5.41) is 8.47. The Hall–Kier alpha value is -2.46. The van der Waals surface area contributed by atoms with Crippen LogP contribution in [0.25, 0.3) is 28.1 Å². The van der Waals surface area contributed by atoms with E-state index >= 15 is 0 Å². The molecule has 3 nitrogen and oxygen atoms in total. The predicted molar refractivity (Wildman–Crippen MR) is 89.5 cm³/mol. The molecule has 3 aromatic rings. The fourth-order valence-corrected chi connectivity index (χ4v) is 3.25. The summed E-state index contributed by atoms with van der Waals surface area (Å²) in [6.45, 7) is 0. The van der Waals surface area contributed by atoms with Gasteiger partial charge in [-0.3, -0.25) is 0 Å². The molecule has 0 atom stereocenters. The molecule has 0 saturated heterocycles. The Balaban J connectivity index is 1.90. The second-order valence-corrected chi connectivity index (χ2v) is 5.86. The van der Waals surface area contributed by atoms with Crippen LogP contribution in [0.3, 0.4) is 0 Å². The van der Waals surface area contributed by atoms with E-state index in [-0.39, 0.29) is 5.84 Å². The zero-order chi connectivity index (χ0) is 14.8. The number of para-hydroxylation sites is 1. The Morgan fingerprint density at radius 3 is 2.48 bits per heavy atom. The first-order valence-electron chi connectivity index (χ1n) is 6.61. The fourth-order valence-electron chi connectivity index (χ4n) is 2.19. The van der Waals surface area contributed by atoms with Crippen LogP contribution in [0.1, 0.15) is 16.1 Å². The van der Waals surface area contributed by atoms with Gasteiger partial charge in [0.1, 0.15) is 11.7 Å². The topological polar surface area (TPSA) is 51.5 Å². The highest BCUT2D eigenvalue weighted by molar-refractivity contribution is 7.18. The van der Waals surface area contributed by atoms with E-state index in [1.807, 2.05) is 12.1 Å². The van der Waals surface area contributed by atoms with Crippen molar-refractivity contribution in [3.63, 3.8) is 0 Å². The molecule has 0 saturated carbocycles. The minimum Gasteiger partial charge on any atom is -0.482 e. The summed E-state index contributed by atoms with van der Waals surface area (Å²) in [7, 11) is 2.07. The van der Waals surface area contributed by atoms with Gasteiger partial charge >= 0.3 is 0 Å². The number of nitrogens with zero attached hydrogens (tertiary/aromatic N) is 1. The second-order valence-electron chi connectivity index (χ2n) is 4.80. The first kappa shape index (κ1) is 13.5. The zero-order valence-electron chi connectivity index (χ0n) is 11.6. The number of hydrogen-bond donors (Lipinski definition) is 1. The van der Waals surface area contributed by atoms with Crippen molar-refractivity contribution in [2.75, 3.05) is 0 Å². The minimum atomic E-state index is -0.151. The molecule has 0 unspecified atom stereocenters. The molecule has 0 aliphatic heterocycles. The smallest absolute Gasteiger partial charge is 0.262 e. The van der Waals surface area contributed by atoms with Crippen molar-refractivity contribution in [2.24, 2.45) is 7.05 Å². The Morgan fingerprint density at radius 2 is 1.81 bits per heavy atom. The van der Waals surface area contributed by atoms with Crippen molar-refractivity contribution in [3.05, 3.63) is 70.4 Å². The lowest BCUT2D eigenvalue weighted by molar-refractivity contribution is -0.642. The summed E-state index contributed by atoms with van der Waals surface area (Å²) in [6.07, 6.45) is 4.16.